The maximum atomic E-state index is 12.7. The van der Waals surface area contributed by atoms with Crippen molar-refractivity contribution in [1.29, 1.82) is 0 Å². The number of nitrogens with zero attached hydrogens (tertiary/aromatic N) is 3. The van der Waals surface area contributed by atoms with Crippen LogP contribution in [0.25, 0.3) is 0 Å². The van der Waals surface area contributed by atoms with Crippen molar-refractivity contribution in [3.63, 3.8) is 0 Å². The molecule has 0 N–H and O–H groups in total. The Kier molecular flexibility index (Phi) is 3.65. The number of piperidine rings is 1. The number of rotatable bonds is 3. The minimum Gasteiger partial charge on any atom is -0.379 e. The number of hydroxylamine groups is 2. The standard InChI is InChI=1S/C18H29N3O4/c1-16(2)14-15(17(3,4)21(16)24-5)18(14,19-8-10-25-11-9-19)20-12(22)6-7-13(20)23/h14-15H,6-11H2,1-5H3. The lowest BCUT2D eigenvalue weighted by Gasteiger charge is -2.51. The van der Waals surface area contributed by atoms with Crippen molar-refractivity contribution >= 4 is 11.8 Å². The van der Waals surface area contributed by atoms with Crippen LogP contribution in [0.1, 0.15) is 40.5 Å². The van der Waals surface area contributed by atoms with Crippen LogP contribution >= 0.6 is 0 Å². The van der Waals surface area contributed by atoms with E-state index in [2.05, 4.69) is 37.7 Å². The molecule has 4 rings (SSSR count). The Hall–Kier alpha value is -1.02. The largest absolute Gasteiger partial charge is 0.379 e. The summed E-state index contributed by atoms with van der Waals surface area (Å²) < 4.78 is 5.54. The van der Waals surface area contributed by atoms with Crippen molar-refractivity contribution in [2.24, 2.45) is 11.8 Å². The van der Waals surface area contributed by atoms with Crippen LogP contribution < -0.4 is 0 Å². The molecule has 4 fully saturated rings. The second-order valence-corrected chi connectivity index (χ2v) is 8.74. The molecule has 140 valence electrons. The summed E-state index contributed by atoms with van der Waals surface area (Å²) in [6.07, 6.45) is 0.665. The number of imide groups is 1. The molecule has 7 heteroatoms. The SMILES string of the molecule is CON1C(C)(C)C2C(C1(C)C)C2(N1CCOCC1)N1C(=O)CCC1=O. The lowest BCUT2D eigenvalue weighted by Crippen LogP contribution is -2.66. The molecular weight excluding hydrogens is 322 g/mol. The van der Waals surface area contributed by atoms with Crippen molar-refractivity contribution in [3.05, 3.63) is 0 Å². The van der Waals surface area contributed by atoms with Crippen LogP contribution in [0.4, 0.5) is 0 Å². The van der Waals surface area contributed by atoms with Gasteiger partial charge in [-0.05, 0) is 27.7 Å². The van der Waals surface area contributed by atoms with E-state index in [1.807, 2.05) is 0 Å². The van der Waals surface area contributed by atoms with Gasteiger partial charge in [-0.15, -0.1) is 0 Å². The molecule has 4 aliphatic rings. The number of carbonyl (C=O) groups is 2. The van der Waals surface area contributed by atoms with E-state index in [0.717, 1.165) is 13.1 Å². The molecule has 3 saturated heterocycles. The van der Waals surface area contributed by atoms with Gasteiger partial charge in [0.1, 0.15) is 5.66 Å². The van der Waals surface area contributed by atoms with Crippen molar-refractivity contribution < 1.29 is 19.2 Å². The van der Waals surface area contributed by atoms with Gasteiger partial charge in [-0.1, -0.05) is 0 Å². The second kappa shape index (κ2) is 5.25. The molecular formula is C18H29N3O4. The number of amides is 2. The molecule has 2 atom stereocenters. The minimum atomic E-state index is -0.531. The van der Waals surface area contributed by atoms with Gasteiger partial charge in [0, 0.05) is 48.8 Å². The zero-order valence-electron chi connectivity index (χ0n) is 15.9. The van der Waals surface area contributed by atoms with Gasteiger partial charge in [-0.3, -0.25) is 19.4 Å². The van der Waals surface area contributed by atoms with Gasteiger partial charge in [-0.25, -0.2) is 0 Å². The Morgan fingerprint density at radius 1 is 0.960 bits per heavy atom. The first-order valence-corrected chi connectivity index (χ1v) is 9.25. The first kappa shape index (κ1) is 17.4. The molecule has 7 nitrogen and oxygen atoms in total. The van der Waals surface area contributed by atoms with E-state index in [1.54, 1.807) is 12.0 Å². The molecule has 0 spiro atoms. The quantitative estimate of drug-likeness (QED) is 0.703. The van der Waals surface area contributed by atoms with Gasteiger partial charge in [0.2, 0.25) is 11.8 Å². The van der Waals surface area contributed by atoms with E-state index in [1.165, 1.54) is 0 Å². The third-order valence-electron chi connectivity index (χ3n) is 6.82. The van der Waals surface area contributed by atoms with E-state index in [-0.39, 0.29) is 34.7 Å². The zero-order chi connectivity index (χ0) is 18.2. The fourth-order valence-electron chi connectivity index (χ4n) is 6.39. The molecule has 3 heterocycles. The minimum absolute atomic E-state index is 0.0264. The summed E-state index contributed by atoms with van der Waals surface area (Å²) in [4.78, 5) is 35.1. The summed E-state index contributed by atoms with van der Waals surface area (Å²) in [5, 5.41) is 2.05. The summed E-state index contributed by atoms with van der Waals surface area (Å²) in [6.45, 7) is 11.4. The molecule has 2 amide bonds. The maximum Gasteiger partial charge on any atom is 0.231 e. The van der Waals surface area contributed by atoms with E-state index in [4.69, 9.17) is 9.57 Å². The smallest absolute Gasteiger partial charge is 0.231 e. The van der Waals surface area contributed by atoms with Crippen LogP contribution in [-0.4, -0.2) is 76.8 Å². The lowest BCUT2D eigenvalue weighted by molar-refractivity contribution is -0.250. The predicted octanol–water partition coefficient (Wildman–Crippen LogP) is 0.844. The second-order valence-electron chi connectivity index (χ2n) is 8.74. The van der Waals surface area contributed by atoms with Gasteiger partial charge in [0.05, 0.1) is 20.3 Å². The summed E-state index contributed by atoms with van der Waals surface area (Å²) in [5.74, 6) is 0.279. The van der Waals surface area contributed by atoms with E-state index >= 15 is 0 Å². The van der Waals surface area contributed by atoms with Crippen molar-refractivity contribution in [2.45, 2.75) is 57.3 Å². The Balaban J connectivity index is 1.82. The van der Waals surface area contributed by atoms with Crippen molar-refractivity contribution in [1.82, 2.24) is 14.9 Å². The normalized spacial score (nSPS) is 40.6. The summed E-state index contributed by atoms with van der Waals surface area (Å²) in [6, 6.07) is 0. The maximum absolute atomic E-state index is 12.7. The molecule has 3 aliphatic heterocycles. The predicted molar refractivity (Wildman–Crippen MR) is 90.2 cm³/mol. The number of likely N-dealkylation sites (tertiary alicyclic amines) is 1. The Morgan fingerprint density at radius 2 is 1.44 bits per heavy atom. The molecule has 0 aromatic carbocycles. The highest BCUT2D eigenvalue weighted by atomic mass is 16.7. The van der Waals surface area contributed by atoms with Gasteiger partial charge < -0.3 is 9.57 Å². The average molecular weight is 351 g/mol. The summed E-state index contributed by atoms with van der Waals surface area (Å²) in [7, 11) is 1.71. The Morgan fingerprint density at radius 3 is 1.88 bits per heavy atom. The fraction of sp³-hybridized carbons (Fsp3) is 0.889. The first-order valence-electron chi connectivity index (χ1n) is 9.25. The van der Waals surface area contributed by atoms with E-state index in [0.29, 0.717) is 26.1 Å². The van der Waals surface area contributed by atoms with Crippen molar-refractivity contribution in [3.8, 4) is 0 Å². The Bertz CT molecular complexity index is 573. The third-order valence-corrected chi connectivity index (χ3v) is 6.82. The number of hydrogen-bond donors (Lipinski definition) is 0. The Labute approximate surface area is 149 Å². The van der Waals surface area contributed by atoms with E-state index < -0.39 is 5.66 Å². The molecule has 2 unspecified atom stereocenters. The molecule has 25 heavy (non-hydrogen) atoms. The molecule has 0 radical (unpaired) electrons. The molecule has 0 bridgehead atoms. The van der Waals surface area contributed by atoms with Crippen LogP contribution in [0.15, 0.2) is 0 Å². The third kappa shape index (κ3) is 1.95. The van der Waals surface area contributed by atoms with Crippen molar-refractivity contribution in [2.75, 3.05) is 33.4 Å². The fourth-order valence-corrected chi connectivity index (χ4v) is 6.39. The monoisotopic (exact) mass is 351 g/mol. The average Bonchev–Trinajstić information content (AvgIpc) is 3.11. The first-order chi connectivity index (χ1) is 11.7. The van der Waals surface area contributed by atoms with Gasteiger partial charge in [0.15, 0.2) is 0 Å². The van der Waals surface area contributed by atoms with Crippen LogP contribution in [-0.2, 0) is 19.2 Å². The molecule has 1 saturated carbocycles. The highest BCUT2D eigenvalue weighted by Crippen LogP contribution is 2.73. The number of fused-ring (bicyclic) bond motifs is 1. The van der Waals surface area contributed by atoms with Crippen LogP contribution in [0.3, 0.4) is 0 Å². The lowest BCUT2D eigenvalue weighted by atomic mass is 9.93. The van der Waals surface area contributed by atoms with Crippen LogP contribution in [0, 0.1) is 11.8 Å². The number of hydrogen-bond acceptors (Lipinski definition) is 6. The number of ether oxygens (including phenoxy) is 1. The van der Waals surface area contributed by atoms with Gasteiger partial charge in [0.25, 0.3) is 0 Å². The molecule has 0 aromatic rings. The van der Waals surface area contributed by atoms with Gasteiger partial charge in [-0.2, -0.15) is 5.06 Å². The summed E-state index contributed by atoms with van der Waals surface area (Å²) >= 11 is 0. The van der Waals surface area contributed by atoms with Gasteiger partial charge >= 0.3 is 0 Å². The van der Waals surface area contributed by atoms with Crippen LogP contribution in [0.5, 0.6) is 0 Å². The highest BCUT2D eigenvalue weighted by Gasteiger charge is 2.87. The number of morpholine rings is 1. The number of carbonyl (C=O) groups excluding carboxylic acids is 2. The molecule has 1 aliphatic carbocycles. The highest BCUT2D eigenvalue weighted by molar-refractivity contribution is 6.03. The van der Waals surface area contributed by atoms with Crippen LogP contribution in [0.2, 0.25) is 0 Å². The molecule has 0 aromatic heterocycles. The topological polar surface area (TPSA) is 62.3 Å². The summed E-state index contributed by atoms with van der Waals surface area (Å²) in [5.41, 5.74) is -1.08. The van der Waals surface area contributed by atoms with E-state index in [9.17, 15) is 9.59 Å². The zero-order valence-corrected chi connectivity index (χ0v) is 15.9.